The molecule has 1 heterocycles. The van der Waals surface area contributed by atoms with Gasteiger partial charge in [-0.25, -0.2) is 9.78 Å². The molecule has 0 aliphatic heterocycles. The average molecular weight is 283 g/mol. The third kappa shape index (κ3) is 5.03. The van der Waals surface area contributed by atoms with Gasteiger partial charge in [0.2, 0.25) is 5.88 Å². The third-order valence-electron chi connectivity index (χ3n) is 3.34. The molecule has 0 aliphatic rings. The van der Waals surface area contributed by atoms with Gasteiger partial charge in [0, 0.05) is 12.3 Å². The summed E-state index contributed by atoms with van der Waals surface area (Å²) in [6.45, 7) is 2.21. The van der Waals surface area contributed by atoms with Crippen LogP contribution in [0.1, 0.15) is 48.5 Å². The highest BCUT2D eigenvalue weighted by molar-refractivity contribution is 5.90. The number of aryl methyl sites for hydroxylation is 1. The minimum absolute atomic E-state index is 0.325. The van der Waals surface area contributed by atoms with E-state index in [-0.39, 0.29) is 5.97 Å². The van der Waals surface area contributed by atoms with Crippen molar-refractivity contribution in [2.24, 2.45) is 0 Å². The van der Waals surface area contributed by atoms with Gasteiger partial charge in [0.05, 0.1) is 5.56 Å². The second-order valence-electron chi connectivity index (χ2n) is 5.07. The van der Waals surface area contributed by atoms with Gasteiger partial charge >= 0.3 is 5.97 Å². The lowest BCUT2D eigenvalue weighted by Gasteiger charge is -2.05. The number of aromatic nitrogens is 1. The van der Waals surface area contributed by atoms with E-state index in [0.29, 0.717) is 11.4 Å². The molecular formula is C18H21NO2. The van der Waals surface area contributed by atoms with E-state index >= 15 is 0 Å². The van der Waals surface area contributed by atoms with E-state index in [9.17, 15) is 4.79 Å². The number of pyridine rings is 1. The lowest BCUT2D eigenvalue weighted by atomic mass is 10.0. The van der Waals surface area contributed by atoms with Crippen LogP contribution in [0, 0.1) is 0 Å². The van der Waals surface area contributed by atoms with Crippen molar-refractivity contribution in [2.75, 3.05) is 0 Å². The number of benzene rings is 1. The Bertz CT molecular complexity index is 549. The molecule has 2 aromatic rings. The van der Waals surface area contributed by atoms with E-state index in [0.717, 1.165) is 6.42 Å². The first-order valence-electron chi connectivity index (χ1n) is 7.51. The molecule has 0 radical (unpaired) electrons. The van der Waals surface area contributed by atoms with Gasteiger partial charge in [0.1, 0.15) is 0 Å². The maximum atomic E-state index is 12.0. The first-order valence-corrected chi connectivity index (χ1v) is 7.51. The van der Waals surface area contributed by atoms with Crippen LogP contribution < -0.4 is 4.74 Å². The van der Waals surface area contributed by atoms with Gasteiger partial charge in [0.15, 0.2) is 0 Å². The van der Waals surface area contributed by atoms with Crippen molar-refractivity contribution in [1.82, 2.24) is 4.98 Å². The number of nitrogens with zero attached hydrogens (tertiary/aromatic N) is 1. The molecule has 1 aromatic heterocycles. The van der Waals surface area contributed by atoms with Crippen LogP contribution in [-0.4, -0.2) is 11.0 Å². The highest BCUT2D eigenvalue weighted by Gasteiger charge is 2.08. The molecule has 0 N–H and O–H groups in total. The van der Waals surface area contributed by atoms with Crippen molar-refractivity contribution in [3.8, 4) is 5.88 Å². The Morgan fingerprint density at radius 2 is 1.86 bits per heavy atom. The summed E-state index contributed by atoms with van der Waals surface area (Å²) in [5.41, 5.74) is 1.82. The summed E-state index contributed by atoms with van der Waals surface area (Å²) in [4.78, 5) is 15.9. The summed E-state index contributed by atoms with van der Waals surface area (Å²) in [7, 11) is 0. The number of carbonyl (C=O) groups excluding carboxylic acids is 1. The Morgan fingerprint density at radius 3 is 2.52 bits per heavy atom. The number of ether oxygens (including phenoxy) is 1. The zero-order valence-corrected chi connectivity index (χ0v) is 12.4. The molecular weight excluding hydrogens is 262 g/mol. The van der Waals surface area contributed by atoms with Gasteiger partial charge in [-0.15, -0.1) is 0 Å². The molecule has 0 atom stereocenters. The van der Waals surface area contributed by atoms with E-state index in [4.69, 9.17) is 4.74 Å². The smallest absolute Gasteiger partial charge is 0.344 e. The number of esters is 1. The molecule has 0 aliphatic carbocycles. The minimum atomic E-state index is -0.369. The van der Waals surface area contributed by atoms with Gasteiger partial charge in [-0.2, -0.15) is 0 Å². The topological polar surface area (TPSA) is 39.2 Å². The van der Waals surface area contributed by atoms with Gasteiger partial charge in [-0.1, -0.05) is 44.4 Å². The van der Waals surface area contributed by atoms with E-state index < -0.39 is 0 Å². The summed E-state index contributed by atoms with van der Waals surface area (Å²) in [5.74, 6) is -0.0441. The number of hydrogen-bond acceptors (Lipinski definition) is 3. The molecule has 2 rings (SSSR count). The van der Waals surface area contributed by atoms with Crippen molar-refractivity contribution >= 4 is 5.97 Å². The lowest BCUT2D eigenvalue weighted by molar-refractivity contribution is 0.0727. The molecule has 0 saturated heterocycles. The fourth-order valence-corrected chi connectivity index (χ4v) is 2.12. The molecule has 110 valence electrons. The average Bonchev–Trinajstić information content (AvgIpc) is 2.53. The van der Waals surface area contributed by atoms with Crippen molar-refractivity contribution in [3.63, 3.8) is 0 Å². The van der Waals surface area contributed by atoms with Gasteiger partial charge in [-0.05, 0) is 36.6 Å². The van der Waals surface area contributed by atoms with Gasteiger partial charge < -0.3 is 4.74 Å². The quantitative estimate of drug-likeness (QED) is 0.557. The number of unbranched alkanes of at least 4 members (excludes halogenated alkanes) is 3. The van der Waals surface area contributed by atoms with Crippen LogP contribution in [0.15, 0.2) is 48.7 Å². The second kappa shape index (κ2) is 8.20. The van der Waals surface area contributed by atoms with Crippen LogP contribution in [0.2, 0.25) is 0 Å². The fourth-order valence-electron chi connectivity index (χ4n) is 2.12. The molecule has 3 heteroatoms. The molecule has 0 amide bonds. The van der Waals surface area contributed by atoms with Crippen LogP contribution in [0.25, 0.3) is 0 Å². The lowest BCUT2D eigenvalue weighted by Crippen LogP contribution is -2.09. The summed E-state index contributed by atoms with van der Waals surface area (Å²) in [5, 5.41) is 0. The highest BCUT2D eigenvalue weighted by Crippen LogP contribution is 2.12. The standard InChI is InChI=1S/C18H21NO2/c1-2-3-4-5-8-15-10-12-16(13-11-15)18(20)21-17-9-6-7-14-19-17/h6-7,9-14H,2-5,8H2,1H3. The summed E-state index contributed by atoms with van der Waals surface area (Å²) in [6, 6.07) is 12.9. The molecule has 0 spiro atoms. The molecule has 0 fully saturated rings. The summed E-state index contributed by atoms with van der Waals surface area (Å²) < 4.78 is 5.20. The van der Waals surface area contributed by atoms with Crippen LogP contribution >= 0.6 is 0 Å². The van der Waals surface area contributed by atoms with Crippen LogP contribution in [0.5, 0.6) is 5.88 Å². The Labute approximate surface area is 126 Å². The van der Waals surface area contributed by atoms with Crippen molar-refractivity contribution in [2.45, 2.75) is 39.0 Å². The normalized spacial score (nSPS) is 10.3. The van der Waals surface area contributed by atoms with Crippen molar-refractivity contribution in [1.29, 1.82) is 0 Å². The predicted octanol–water partition coefficient (Wildman–Crippen LogP) is 4.42. The van der Waals surface area contributed by atoms with Crippen LogP contribution in [-0.2, 0) is 6.42 Å². The Balaban J connectivity index is 1.88. The zero-order chi connectivity index (χ0) is 14.9. The third-order valence-corrected chi connectivity index (χ3v) is 3.34. The molecule has 1 aromatic carbocycles. The highest BCUT2D eigenvalue weighted by atomic mass is 16.5. The Morgan fingerprint density at radius 1 is 1.05 bits per heavy atom. The SMILES string of the molecule is CCCCCCc1ccc(C(=O)Oc2ccccn2)cc1. The Hall–Kier alpha value is -2.16. The van der Waals surface area contributed by atoms with E-state index in [1.807, 2.05) is 24.3 Å². The second-order valence-corrected chi connectivity index (χ2v) is 5.07. The number of carbonyl (C=O) groups is 1. The van der Waals surface area contributed by atoms with E-state index in [1.54, 1.807) is 24.4 Å². The summed E-state index contributed by atoms with van der Waals surface area (Å²) in [6.07, 6.45) is 7.66. The largest absolute Gasteiger partial charge is 0.404 e. The zero-order valence-electron chi connectivity index (χ0n) is 12.4. The van der Waals surface area contributed by atoms with Crippen molar-refractivity contribution in [3.05, 3.63) is 59.8 Å². The monoisotopic (exact) mass is 283 g/mol. The maximum absolute atomic E-state index is 12.0. The van der Waals surface area contributed by atoms with Gasteiger partial charge in [0.25, 0.3) is 0 Å². The maximum Gasteiger partial charge on any atom is 0.344 e. The van der Waals surface area contributed by atoms with Crippen LogP contribution in [0.4, 0.5) is 0 Å². The molecule has 0 saturated carbocycles. The van der Waals surface area contributed by atoms with Gasteiger partial charge in [-0.3, -0.25) is 0 Å². The van der Waals surface area contributed by atoms with Crippen molar-refractivity contribution < 1.29 is 9.53 Å². The number of hydrogen-bond donors (Lipinski definition) is 0. The van der Waals surface area contributed by atoms with Crippen LogP contribution in [0.3, 0.4) is 0 Å². The molecule has 3 nitrogen and oxygen atoms in total. The predicted molar refractivity (Wildman–Crippen MR) is 83.5 cm³/mol. The van der Waals surface area contributed by atoms with E-state index in [2.05, 4.69) is 11.9 Å². The Kier molecular flexibility index (Phi) is 5.95. The molecule has 0 unspecified atom stereocenters. The molecule has 21 heavy (non-hydrogen) atoms. The summed E-state index contributed by atoms with van der Waals surface area (Å²) >= 11 is 0. The minimum Gasteiger partial charge on any atom is -0.404 e. The first kappa shape index (κ1) is 15.2. The number of rotatable bonds is 7. The first-order chi connectivity index (χ1) is 10.3. The molecule has 0 bridgehead atoms. The van der Waals surface area contributed by atoms with E-state index in [1.165, 1.54) is 31.2 Å². The fraction of sp³-hybridized carbons (Fsp3) is 0.333.